The van der Waals surface area contributed by atoms with Gasteiger partial charge >= 0.3 is 5.69 Å². The Hall–Kier alpha value is -1.32. The number of hydrogen-bond acceptors (Lipinski definition) is 2. The van der Waals surface area contributed by atoms with Crippen molar-refractivity contribution in [2.24, 2.45) is 0 Å². The van der Waals surface area contributed by atoms with Gasteiger partial charge in [0.05, 0.1) is 0 Å². The van der Waals surface area contributed by atoms with Crippen LogP contribution >= 0.6 is 0 Å². The van der Waals surface area contributed by atoms with Gasteiger partial charge in [-0.25, -0.2) is 4.79 Å². The average Bonchev–Trinajstić information content (AvgIpc) is 1.99. The van der Waals surface area contributed by atoms with Gasteiger partial charge in [0.15, 0.2) is 0 Å². The summed E-state index contributed by atoms with van der Waals surface area (Å²) >= 11 is 0. The molecule has 0 aromatic carbocycles. The van der Waals surface area contributed by atoms with Crippen molar-refractivity contribution in [3.05, 3.63) is 32.6 Å². The predicted octanol–water partition coefficient (Wildman–Crippen LogP) is 0.788. The van der Waals surface area contributed by atoms with E-state index < -0.39 is 5.69 Å². The molecule has 0 bridgehead atoms. The molecule has 0 saturated heterocycles. The van der Waals surface area contributed by atoms with E-state index in [0.29, 0.717) is 5.56 Å². The highest BCUT2D eigenvalue weighted by Gasteiger charge is 1.88. The van der Waals surface area contributed by atoms with Gasteiger partial charge in [-0.15, -0.1) is 0 Å². The summed E-state index contributed by atoms with van der Waals surface area (Å²) in [4.78, 5) is 25.3. The Morgan fingerprint density at radius 1 is 1.33 bits per heavy atom. The molecule has 0 amide bonds. The van der Waals surface area contributed by atoms with E-state index in [0.717, 1.165) is 0 Å². The smallest absolute Gasteiger partial charge is 0.314 e. The second-order valence-corrected chi connectivity index (χ2v) is 2.46. The highest BCUT2D eigenvalue weighted by Crippen LogP contribution is 1.73. The third-order valence-electron chi connectivity index (χ3n) is 1.00. The Kier molecular flexibility index (Phi) is 4.76. The molecule has 0 aliphatic carbocycles. The van der Waals surface area contributed by atoms with Gasteiger partial charge < -0.3 is 4.98 Å². The largest absolute Gasteiger partial charge is 0.325 e. The molecule has 1 rings (SSSR count). The zero-order valence-electron chi connectivity index (χ0n) is 7.60. The number of nitrogens with one attached hydrogen (secondary N) is 2. The lowest BCUT2D eigenvalue weighted by atomic mass is 10.4. The molecule has 68 valence electrons. The fourth-order valence-electron chi connectivity index (χ4n) is 0.477. The molecule has 4 nitrogen and oxygen atoms in total. The standard InChI is InChI=1S/C5H6N2O2.C3H8/c1-3-2-6-5(9)7-4(3)8;1-3-2/h2H,1H3,(H2,6,7,8,9);3H2,1-2H3. The van der Waals surface area contributed by atoms with Crippen molar-refractivity contribution < 1.29 is 0 Å². The Morgan fingerprint density at radius 3 is 2.17 bits per heavy atom. The highest BCUT2D eigenvalue weighted by molar-refractivity contribution is 4.98. The van der Waals surface area contributed by atoms with Gasteiger partial charge in [-0.1, -0.05) is 20.3 Å². The maximum Gasteiger partial charge on any atom is 0.325 e. The molecule has 0 atom stereocenters. The van der Waals surface area contributed by atoms with Crippen molar-refractivity contribution in [2.45, 2.75) is 27.2 Å². The van der Waals surface area contributed by atoms with Gasteiger partial charge in [0.25, 0.3) is 5.56 Å². The number of hydrogen-bond donors (Lipinski definition) is 2. The van der Waals surface area contributed by atoms with E-state index >= 15 is 0 Å². The zero-order valence-corrected chi connectivity index (χ0v) is 7.60. The van der Waals surface area contributed by atoms with Crippen molar-refractivity contribution in [3.8, 4) is 0 Å². The van der Waals surface area contributed by atoms with E-state index in [1.165, 1.54) is 12.6 Å². The second-order valence-electron chi connectivity index (χ2n) is 2.46. The summed E-state index contributed by atoms with van der Waals surface area (Å²) < 4.78 is 0. The summed E-state index contributed by atoms with van der Waals surface area (Å²) in [5.41, 5.74) is -0.293. The minimum Gasteiger partial charge on any atom is -0.314 e. The van der Waals surface area contributed by atoms with Crippen LogP contribution in [0.25, 0.3) is 0 Å². The molecular weight excluding hydrogens is 156 g/mol. The number of rotatable bonds is 0. The molecule has 1 heterocycles. The minimum absolute atomic E-state index is 0.334. The Labute approximate surface area is 70.7 Å². The van der Waals surface area contributed by atoms with Gasteiger partial charge in [-0.2, -0.15) is 0 Å². The molecule has 2 N–H and O–H groups in total. The number of H-pyrrole nitrogens is 2. The number of aromatic amines is 2. The first-order chi connectivity index (χ1) is 5.61. The summed E-state index contributed by atoms with van der Waals surface area (Å²) in [6, 6.07) is 0. The van der Waals surface area contributed by atoms with Gasteiger partial charge in [0.1, 0.15) is 0 Å². The van der Waals surface area contributed by atoms with E-state index in [1.54, 1.807) is 6.92 Å². The second kappa shape index (κ2) is 5.35. The molecule has 1 aromatic heterocycles. The molecule has 1 aromatic rings. The third kappa shape index (κ3) is 3.75. The molecule has 0 fully saturated rings. The first-order valence-corrected chi connectivity index (χ1v) is 3.90. The summed E-state index contributed by atoms with van der Waals surface area (Å²) in [5.74, 6) is 0. The summed E-state index contributed by atoms with van der Waals surface area (Å²) in [7, 11) is 0. The predicted molar refractivity (Wildman–Crippen MR) is 48.4 cm³/mol. The molecular formula is C8H14N2O2. The van der Waals surface area contributed by atoms with Crippen LogP contribution in [0.15, 0.2) is 15.8 Å². The third-order valence-corrected chi connectivity index (χ3v) is 1.00. The van der Waals surface area contributed by atoms with Crippen LogP contribution in [0, 0.1) is 6.92 Å². The van der Waals surface area contributed by atoms with E-state index in [9.17, 15) is 9.59 Å². The van der Waals surface area contributed by atoms with E-state index in [4.69, 9.17) is 0 Å². The SMILES string of the molecule is CCC.Cc1c[nH]c(=O)[nH]c1=O. The van der Waals surface area contributed by atoms with E-state index in [-0.39, 0.29) is 5.56 Å². The Morgan fingerprint density at radius 2 is 1.83 bits per heavy atom. The van der Waals surface area contributed by atoms with Crippen molar-refractivity contribution in [1.82, 2.24) is 9.97 Å². The molecule has 0 saturated carbocycles. The maximum atomic E-state index is 10.6. The van der Waals surface area contributed by atoms with Crippen molar-refractivity contribution in [3.63, 3.8) is 0 Å². The normalized spacial score (nSPS) is 8.58. The lowest BCUT2D eigenvalue weighted by Crippen LogP contribution is -2.22. The van der Waals surface area contributed by atoms with E-state index in [1.807, 2.05) is 0 Å². The quantitative estimate of drug-likeness (QED) is 0.604. The molecule has 0 unspecified atom stereocenters. The maximum absolute atomic E-state index is 10.6. The average molecular weight is 170 g/mol. The monoisotopic (exact) mass is 170 g/mol. The van der Waals surface area contributed by atoms with Crippen LogP contribution in [0.2, 0.25) is 0 Å². The van der Waals surface area contributed by atoms with Crippen LogP contribution in [0.3, 0.4) is 0 Å². The van der Waals surface area contributed by atoms with Crippen molar-refractivity contribution >= 4 is 0 Å². The first-order valence-electron chi connectivity index (χ1n) is 3.90. The number of aryl methyl sites for hydroxylation is 1. The summed E-state index contributed by atoms with van der Waals surface area (Å²) in [5, 5.41) is 0. The van der Waals surface area contributed by atoms with Crippen molar-refractivity contribution in [2.75, 3.05) is 0 Å². The van der Waals surface area contributed by atoms with Crippen LogP contribution in [-0.2, 0) is 0 Å². The topological polar surface area (TPSA) is 65.7 Å². The molecule has 0 aliphatic rings. The molecule has 0 radical (unpaired) electrons. The van der Waals surface area contributed by atoms with E-state index in [2.05, 4.69) is 23.8 Å². The summed E-state index contributed by atoms with van der Waals surface area (Å²) in [6.45, 7) is 5.87. The molecule has 0 spiro atoms. The molecule has 4 heteroatoms. The molecule has 0 aliphatic heterocycles. The van der Waals surface area contributed by atoms with Crippen LogP contribution < -0.4 is 11.2 Å². The Bertz CT molecular complexity index is 324. The van der Waals surface area contributed by atoms with Crippen LogP contribution in [-0.4, -0.2) is 9.97 Å². The van der Waals surface area contributed by atoms with Gasteiger partial charge in [-0.3, -0.25) is 9.78 Å². The lowest BCUT2D eigenvalue weighted by molar-refractivity contribution is 1.01. The van der Waals surface area contributed by atoms with Gasteiger partial charge in [0.2, 0.25) is 0 Å². The van der Waals surface area contributed by atoms with Crippen molar-refractivity contribution in [1.29, 1.82) is 0 Å². The fraction of sp³-hybridized carbons (Fsp3) is 0.500. The van der Waals surface area contributed by atoms with Gasteiger partial charge in [-0.05, 0) is 6.92 Å². The van der Waals surface area contributed by atoms with Crippen LogP contribution in [0.1, 0.15) is 25.8 Å². The fourth-order valence-corrected chi connectivity index (χ4v) is 0.477. The van der Waals surface area contributed by atoms with Crippen LogP contribution in [0.4, 0.5) is 0 Å². The highest BCUT2D eigenvalue weighted by atomic mass is 16.2. The minimum atomic E-state index is -0.467. The first kappa shape index (κ1) is 10.7. The van der Waals surface area contributed by atoms with Crippen LogP contribution in [0.5, 0.6) is 0 Å². The zero-order chi connectivity index (χ0) is 9.56. The lowest BCUT2D eigenvalue weighted by Gasteiger charge is -1.84. The summed E-state index contributed by atoms with van der Waals surface area (Å²) in [6.07, 6.45) is 2.63. The molecule has 12 heavy (non-hydrogen) atoms. The van der Waals surface area contributed by atoms with Gasteiger partial charge in [0, 0.05) is 11.8 Å². The Balaban J connectivity index is 0.000000354. The number of aromatic nitrogens is 2.